The summed E-state index contributed by atoms with van der Waals surface area (Å²) in [6.07, 6.45) is 0.894. The Balaban J connectivity index is 2.17. The van der Waals surface area contributed by atoms with Gasteiger partial charge in [-0.25, -0.2) is 0 Å². The normalized spacial score (nSPS) is 17.9. The van der Waals surface area contributed by atoms with E-state index in [-0.39, 0.29) is 12.1 Å². The van der Waals surface area contributed by atoms with Gasteiger partial charge in [0, 0.05) is 13.0 Å². The number of benzene rings is 1. The molecule has 1 aliphatic rings. The molecule has 100 valence electrons. The van der Waals surface area contributed by atoms with Gasteiger partial charge in [0.1, 0.15) is 0 Å². The summed E-state index contributed by atoms with van der Waals surface area (Å²) in [4.78, 5) is 0. The first-order valence-corrected chi connectivity index (χ1v) is 6.49. The Kier molecular flexibility index (Phi) is 4.44. The van der Waals surface area contributed by atoms with Crippen molar-refractivity contribution >= 4 is 0 Å². The van der Waals surface area contributed by atoms with Crippen molar-refractivity contribution in [2.24, 2.45) is 5.73 Å². The van der Waals surface area contributed by atoms with E-state index in [1.165, 1.54) is 0 Å². The lowest BCUT2D eigenvalue weighted by Gasteiger charge is -2.21. The van der Waals surface area contributed by atoms with Gasteiger partial charge in [-0.05, 0) is 31.5 Å². The fourth-order valence-electron chi connectivity index (χ4n) is 2.02. The highest BCUT2D eigenvalue weighted by atomic mass is 16.5. The van der Waals surface area contributed by atoms with Crippen molar-refractivity contribution in [2.75, 3.05) is 19.8 Å². The molecule has 2 unspecified atom stereocenters. The number of fused-ring (bicyclic) bond motifs is 1. The molecular formula is C14H21NO3. The third-order valence-corrected chi connectivity index (χ3v) is 3.09. The van der Waals surface area contributed by atoms with Gasteiger partial charge in [0.2, 0.25) is 0 Å². The smallest absolute Gasteiger partial charge is 0.161 e. The molecule has 0 fully saturated rings. The molecule has 0 saturated carbocycles. The Morgan fingerprint density at radius 1 is 1.28 bits per heavy atom. The van der Waals surface area contributed by atoms with Crippen molar-refractivity contribution < 1.29 is 14.2 Å². The van der Waals surface area contributed by atoms with E-state index in [0.717, 1.165) is 23.5 Å². The molecule has 0 bridgehead atoms. The van der Waals surface area contributed by atoms with Gasteiger partial charge in [-0.2, -0.15) is 0 Å². The maximum absolute atomic E-state index is 6.18. The quantitative estimate of drug-likeness (QED) is 0.892. The van der Waals surface area contributed by atoms with E-state index in [4.69, 9.17) is 19.9 Å². The van der Waals surface area contributed by atoms with E-state index in [0.29, 0.717) is 19.8 Å². The van der Waals surface area contributed by atoms with E-state index in [9.17, 15) is 0 Å². The van der Waals surface area contributed by atoms with Gasteiger partial charge in [0.25, 0.3) is 0 Å². The van der Waals surface area contributed by atoms with Crippen LogP contribution in [0, 0.1) is 0 Å². The van der Waals surface area contributed by atoms with Crippen LogP contribution in [0.15, 0.2) is 18.2 Å². The van der Waals surface area contributed by atoms with Crippen LogP contribution in [-0.4, -0.2) is 25.9 Å². The molecule has 0 amide bonds. The zero-order chi connectivity index (χ0) is 13.0. The summed E-state index contributed by atoms with van der Waals surface area (Å²) in [5.74, 6) is 1.58. The van der Waals surface area contributed by atoms with Crippen molar-refractivity contribution in [1.29, 1.82) is 0 Å². The fraction of sp³-hybridized carbons (Fsp3) is 0.571. The average molecular weight is 251 g/mol. The Hall–Kier alpha value is -1.26. The van der Waals surface area contributed by atoms with Crippen LogP contribution in [0.5, 0.6) is 11.5 Å². The lowest BCUT2D eigenvalue weighted by Crippen LogP contribution is -2.26. The van der Waals surface area contributed by atoms with Crippen molar-refractivity contribution in [3.05, 3.63) is 23.8 Å². The highest BCUT2D eigenvalue weighted by Crippen LogP contribution is 2.32. The number of nitrogens with two attached hydrogens (primary N) is 1. The van der Waals surface area contributed by atoms with Gasteiger partial charge in [-0.1, -0.05) is 6.07 Å². The summed E-state index contributed by atoms with van der Waals surface area (Å²) < 4.78 is 16.8. The predicted octanol–water partition coefficient (Wildman–Crippen LogP) is 2.27. The largest absolute Gasteiger partial charge is 0.490 e. The first-order valence-electron chi connectivity index (χ1n) is 6.49. The molecule has 0 aromatic heterocycles. The molecule has 0 spiro atoms. The molecule has 2 N–H and O–H groups in total. The van der Waals surface area contributed by atoms with Gasteiger partial charge in [0.05, 0.1) is 25.4 Å². The zero-order valence-corrected chi connectivity index (χ0v) is 11.0. The van der Waals surface area contributed by atoms with Crippen molar-refractivity contribution in [3.8, 4) is 11.5 Å². The van der Waals surface area contributed by atoms with Gasteiger partial charge in [-0.15, -0.1) is 0 Å². The molecular weight excluding hydrogens is 230 g/mol. The highest BCUT2D eigenvalue weighted by molar-refractivity contribution is 5.44. The minimum Gasteiger partial charge on any atom is -0.490 e. The maximum Gasteiger partial charge on any atom is 0.161 e. The van der Waals surface area contributed by atoms with Gasteiger partial charge >= 0.3 is 0 Å². The molecule has 18 heavy (non-hydrogen) atoms. The number of rotatable bonds is 4. The lowest BCUT2D eigenvalue weighted by molar-refractivity contribution is 0.0574. The molecule has 0 saturated heterocycles. The minimum atomic E-state index is -0.151. The second-order valence-electron chi connectivity index (χ2n) is 4.44. The standard InChI is InChI=1S/C14H21NO3/c1-3-16-10(2)14(15)11-5-6-12-13(9-11)18-8-4-7-17-12/h5-6,9-10,14H,3-4,7-8,15H2,1-2H3. The molecule has 1 aromatic rings. The predicted molar refractivity (Wildman–Crippen MR) is 70.1 cm³/mol. The van der Waals surface area contributed by atoms with Gasteiger partial charge in [-0.3, -0.25) is 0 Å². The van der Waals surface area contributed by atoms with E-state index >= 15 is 0 Å². The average Bonchev–Trinajstić information content (AvgIpc) is 2.62. The Morgan fingerprint density at radius 2 is 2.00 bits per heavy atom. The summed E-state index contributed by atoms with van der Waals surface area (Å²) in [5.41, 5.74) is 7.19. The monoisotopic (exact) mass is 251 g/mol. The second-order valence-corrected chi connectivity index (χ2v) is 4.44. The fourth-order valence-corrected chi connectivity index (χ4v) is 2.02. The Bertz CT molecular complexity index is 395. The van der Waals surface area contributed by atoms with Crippen molar-refractivity contribution in [1.82, 2.24) is 0 Å². The summed E-state index contributed by atoms with van der Waals surface area (Å²) >= 11 is 0. The summed E-state index contributed by atoms with van der Waals surface area (Å²) in [6.45, 7) is 6.01. The molecule has 4 heteroatoms. The second kappa shape index (κ2) is 6.07. The lowest BCUT2D eigenvalue weighted by atomic mass is 10.0. The maximum atomic E-state index is 6.18. The molecule has 1 aromatic carbocycles. The minimum absolute atomic E-state index is 0.0141. The molecule has 1 heterocycles. The topological polar surface area (TPSA) is 53.7 Å². The van der Waals surface area contributed by atoms with Crippen molar-refractivity contribution in [3.63, 3.8) is 0 Å². The molecule has 4 nitrogen and oxygen atoms in total. The highest BCUT2D eigenvalue weighted by Gasteiger charge is 2.18. The molecule has 2 rings (SSSR count). The molecule has 2 atom stereocenters. The molecule has 0 aliphatic carbocycles. The van der Waals surface area contributed by atoms with Crippen LogP contribution in [0.3, 0.4) is 0 Å². The molecule has 1 aliphatic heterocycles. The van der Waals surface area contributed by atoms with E-state index in [2.05, 4.69) is 0 Å². The van der Waals surface area contributed by atoms with Crippen LogP contribution in [0.2, 0.25) is 0 Å². The first-order chi connectivity index (χ1) is 8.72. The van der Waals surface area contributed by atoms with Crippen molar-refractivity contribution in [2.45, 2.75) is 32.4 Å². The Morgan fingerprint density at radius 3 is 2.72 bits per heavy atom. The summed E-state index contributed by atoms with van der Waals surface area (Å²) in [5, 5.41) is 0. The number of hydrogen-bond acceptors (Lipinski definition) is 4. The third kappa shape index (κ3) is 2.94. The zero-order valence-electron chi connectivity index (χ0n) is 11.0. The number of ether oxygens (including phenoxy) is 3. The van der Waals surface area contributed by atoms with Crippen LogP contribution in [0.25, 0.3) is 0 Å². The first kappa shape index (κ1) is 13.2. The van der Waals surface area contributed by atoms with Crippen LogP contribution in [0.4, 0.5) is 0 Å². The summed E-state index contributed by atoms with van der Waals surface area (Å²) in [7, 11) is 0. The van der Waals surface area contributed by atoms with Crippen LogP contribution >= 0.6 is 0 Å². The van der Waals surface area contributed by atoms with E-state index in [1.54, 1.807) is 0 Å². The van der Waals surface area contributed by atoms with Crippen LogP contribution in [0.1, 0.15) is 31.9 Å². The van der Waals surface area contributed by atoms with Gasteiger partial charge in [0.15, 0.2) is 11.5 Å². The van der Waals surface area contributed by atoms with Crippen LogP contribution in [-0.2, 0) is 4.74 Å². The summed E-state index contributed by atoms with van der Waals surface area (Å²) in [6, 6.07) is 5.71. The Labute approximate surface area is 108 Å². The number of hydrogen-bond donors (Lipinski definition) is 1. The van der Waals surface area contributed by atoms with Gasteiger partial charge < -0.3 is 19.9 Å². The van der Waals surface area contributed by atoms with E-state index < -0.39 is 0 Å². The SMILES string of the molecule is CCOC(C)C(N)c1ccc2c(c1)OCCCO2. The molecule has 0 radical (unpaired) electrons. The van der Waals surface area contributed by atoms with Crippen LogP contribution < -0.4 is 15.2 Å². The van der Waals surface area contributed by atoms with E-state index in [1.807, 2.05) is 32.0 Å². The third-order valence-electron chi connectivity index (χ3n) is 3.09.